The second-order valence-electron chi connectivity index (χ2n) is 6.30. The molecule has 8 nitrogen and oxygen atoms in total. The molecular formula is C18H27N3O5. The van der Waals surface area contributed by atoms with E-state index >= 15 is 0 Å². The molecule has 8 heteroatoms. The Morgan fingerprint density at radius 1 is 1.00 bits per heavy atom. The van der Waals surface area contributed by atoms with Gasteiger partial charge in [-0.1, -0.05) is 0 Å². The highest BCUT2D eigenvalue weighted by atomic mass is 16.5. The standard InChI is InChI=1S/C18H27N3O5/c1-19-16(22)15(17(23)20(2)18(19)24)8-7-14-6-4-9-21(14)10-5-11-26-13-12-25-3/h7-8H,4-6,9-13H2,1-3H3/b14-7+. The second-order valence-corrected chi connectivity index (χ2v) is 6.30. The predicted molar refractivity (Wildman–Crippen MR) is 95.2 cm³/mol. The molecule has 2 aliphatic rings. The highest BCUT2D eigenvalue weighted by Crippen LogP contribution is 2.22. The van der Waals surface area contributed by atoms with Gasteiger partial charge in [-0.25, -0.2) is 4.79 Å². The molecule has 0 bridgehead atoms. The molecule has 2 heterocycles. The lowest BCUT2D eigenvalue weighted by Gasteiger charge is -2.28. The molecule has 26 heavy (non-hydrogen) atoms. The lowest BCUT2D eigenvalue weighted by Crippen LogP contribution is -2.53. The van der Waals surface area contributed by atoms with Crippen molar-refractivity contribution in [3.05, 3.63) is 23.4 Å². The second kappa shape index (κ2) is 9.49. The van der Waals surface area contributed by atoms with Gasteiger partial charge in [0.25, 0.3) is 11.8 Å². The summed E-state index contributed by atoms with van der Waals surface area (Å²) in [6.07, 6.45) is 6.20. The molecule has 0 aromatic heterocycles. The molecule has 0 aromatic carbocycles. The number of rotatable bonds is 8. The minimum absolute atomic E-state index is 0.0110. The van der Waals surface area contributed by atoms with Crippen LogP contribution in [0.25, 0.3) is 0 Å². The van der Waals surface area contributed by atoms with Gasteiger partial charge in [-0.05, 0) is 31.4 Å². The molecule has 2 aliphatic heterocycles. The van der Waals surface area contributed by atoms with Gasteiger partial charge in [0.1, 0.15) is 5.57 Å². The first-order chi connectivity index (χ1) is 12.5. The molecule has 0 radical (unpaired) electrons. The summed E-state index contributed by atoms with van der Waals surface area (Å²) in [5.41, 5.74) is 1.11. The number of imide groups is 2. The van der Waals surface area contributed by atoms with Gasteiger partial charge in [0.2, 0.25) is 0 Å². The Kier molecular flexibility index (Phi) is 7.35. The Bertz CT molecular complexity index is 588. The number of methoxy groups -OCH3 is 1. The molecule has 0 spiro atoms. The molecule has 0 saturated carbocycles. The first-order valence-corrected chi connectivity index (χ1v) is 8.80. The van der Waals surface area contributed by atoms with Crippen molar-refractivity contribution in [2.24, 2.45) is 0 Å². The number of carbonyl (C=O) groups excluding carboxylic acids is 3. The minimum atomic E-state index is -0.610. The number of hydrogen-bond acceptors (Lipinski definition) is 6. The topological polar surface area (TPSA) is 79.4 Å². The van der Waals surface area contributed by atoms with Crippen molar-refractivity contribution in [3.63, 3.8) is 0 Å². The van der Waals surface area contributed by atoms with Crippen LogP contribution in [0.15, 0.2) is 23.4 Å². The van der Waals surface area contributed by atoms with Crippen LogP contribution in [0.4, 0.5) is 4.79 Å². The Morgan fingerprint density at radius 2 is 1.69 bits per heavy atom. The molecule has 2 fully saturated rings. The molecule has 0 atom stereocenters. The zero-order valence-corrected chi connectivity index (χ0v) is 15.7. The van der Waals surface area contributed by atoms with Crippen molar-refractivity contribution in [1.29, 1.82) is 0 Å². The van der Waals surface area contributed by atoms with Crippen molar-refractivity contribution in [2.45, 2.75) is 19.3 Å². The summed E-state index contributed by atoms with van der Waals surface area (Å²) < 4.78 is 10.4. The van der Waals surface area contributed by atoms with Crippen LogP contribution >= 0.6 is 0 Å². The van der Waals surface area contributed by atoms with E-state index in [1.165, 1.54) is 20.2 Å². The Labute approximate surface area is 154 Å². The molecule has 2 saturated heterocycles. The monoisotopic (exact) mass is 365 g/mol. The number of likely N-dealkylation sites (tertiary alicyclic amines) is 1. The summed E-state index contributed by atoms with van der Waals surface area (Å²) in [4.78, 5) is 40.3. The fraction of sp³-hybridized carbons (Fsp3) is 0.611. The van der Waals surface area contributed by atoms with E-state index in [1.807, 2.05) is 6.08 Å². The van der Waals surface area contributed by atoms with Crippen LogP contribution in [-0.4, -0.2) is 86.7 Å². The smallest absolute Gasteiger partial charge is 0.333 e. The van der Waals surface area contributed by atoms with Crippen molar-refractivity contribution >= 4 is 17.8 Å². The van der Waals surface area contributed by atoms with Crippen LogP contribution in [0.5, 0.6) is 0 Å². The summed E-state index contributed by atoms with van der Waals surface area (Å²) in [5, 5.41) is 0. The van der Waals surface area contributed by atoms with Crippen LogP contribution in [0.2, 0.25) is 0 Å². The van der Waals surface area contributed by atoms with Crippen LogP contribution in [0.1, 0.15) is 19.3 Å². The molecular weight excluding hydrogens is 338 g/mol. The van der Waals surface area contributed by atoms with Gasteiger partial charge < -0.3 is 14.4 Å². The average Bonchev–Trinajstić information content (AvgIpc) is 3.08. The molecule has 0 aromatic rings. The van der Waals surface area contributed by atoms with Gasteiger partial charge in [-0.15, -0.1) is 0 Å². The zero-order chi connectivity index (χ0) is 19.1. The van der Waals surface area contributed by atoms with E-state index in [2.05, 4.69) is 4.90 Å². The number of hydrogen-bond donors (Lipinski definition) is 0. The summed E-state index contributed by atoms with van der Waals surface area (Å²) in [7, 11) is 4.40. The number of carbonyl (C=O) groups is 3. The predicted octanol–water partition coefficient (Wildman–Crippen LogP) is 0.996. The minimum Gasteiger partial charge on any atom is -0.382 e. The number of likely N-dealkylation sites (N-methyl/N-ethyl adjacent to an activating group) is 2. The first kappa shape index (κ1) is 20.1. The van der Waals surface area contributed by atoms with Gasteiger partial charge in [-0.3, -0.25) is 19.4 Å². The Balaban J connectivity index is 1.96. The summed E-state index contributed by atoms with van der Waals surface area (Å²) in [5.74, 6) is -1.13. The van der Waals surface area contributed by atoms with Crippen molar-refractivity contribution in [3.8, 4) is 0 Å². The maximum atomic E-state index is 12.2. The third-order valence-corrected chi connectivity index (χ3v) is 4.50. The number of ether oxygens (including phenoxy) is 2. The lowest BCUT2D eigenvalue weighted by molar-refractivity contribution is -0.134. The van der Waals surface area contributed by atoms with E-state index in [0.717, 1.165) is 47.8 Å². The highest BCUT2D eigenvalue weighted by molar-refractivity contribution is 6.28. The maximum Gasteiger partial charge on any atom is 0.333 e. The molecule has 0 unspecified atom stereocenters. The molecule has 2 rings (SSSR count). The van der Waals surface area contributed by atoms with Gasteiger partial charge in [-0.2, -0.15) is 0 Å². The molecule has 144 valence electrons. The number of amides is 4. The Hall–Kier alpha value is -2.19. The SMILES string of the molecule is COCCOCCCN1CCC/C1=C\C=C1C(=O)N(C)C(=O)N(C)C1=O. The van der Waals surface area contributed by atoms with E-state index in [0.29, 0.717) is 19.8 Å². The largest absolute Gasteiger partial charge is 0.382 e. The van der Waals surface area contributed by atoms with Gasteiger partial charge in [0.05, 0.1) is 13.2 Å². The maximum absolute atomic E-state index is 12.2. The van der Waals surface area contributed by atoms with E-state index in [-0.39, 0.29) is 5.57 Å². The van der Waals surface area contributed by atoms with E-state index in [9.17, 15) is 14.4 Å². The van der Waals surface area contributed by atoms with Crippen LogP contribution in [0, 0.1) is 0 Å². The number of nitrogens with zero attached hydrogens (tertiary/aromatic N) is 3. The number of allylic oxidation sites excluding steroid dienone is 3. The van der Waals surface area contributed by atoms with Gasteiger partial charge in [0.15, 0.2) is 0 Å². The zero-order valence-electron chi connectivity index (χ0n) is 15.7. The highest BCUT2D eigenvalue weighted by Gasteiger charge is 2.37. The summed E-state index contributed by atoms with van der Waals surface area (Å²) in [6, 6.07) is -0.610. The number of urea groups is 1. The quantitative estimate of drug-likeness (QED) is 0.363. The van der Waals surface area contributed by atoms with E-state index in [4.69, 9.17) is 9.47 Å². The lowest BCUT2D eigenvalue weighted by atomic mass is 10.1. The van der Waals surface area contributed by atoms with Gasteiger partial charge >= 0.3 is 6.03 Å². The van der Waals surface area contributed by atoms with Crippen LogP contribution < -0.4 is 0 Å². The van der Waals surface area contributed by atoms with Crippen LogP contribution in [0.3, 0.4) is 0 Å². The third kappa shape index (κ3) is 4.70. The first-order valence-electron chi connectivity index (χ1n) is 8.80. The fourth-order valence-electron chi connectivity index (χ4n) is 2.97. The average molecular weight is 365 g/mol. The third-order valence-electron chi connectivity index (χ3n) is 4.50. The molecule has 0 N–H and O–H groups in total. The van der Waals surface area contributed by atoms with Crippen molar-refractivity contribution in [2.75, 3.05) is 54.1 Å². The van der Waals surface area contributed by atoms with Crippen molar-refractivity contribution in [1.82, 2.24) is 14.7 Å². The Morgan fingerprint density at radius 3 is 2.35 bits per heavy atom. The number of barbiturate groups is 1. The van der Waals surface area contributed by atoms with E-state index in [1.54, 1.807) is 7.11 Å². The van der Waals surface area contributed by atoms with Crippen molar-refractivity contribution < 1.29 is 23.9 Å². The normalized spacial score (nSPS) is 20.0. The fourth-order valence-corrected chi connectivity index (χ4v) is 2.97. The van der Waals surface area contributed by atoms with E-state index < -0.39 is 17.8 Å². The molecule has 4 amide bonds. The van der Waals surface area contributed by atoms with Gasteiger partial charge in [0, 0.05) is 46.6 Å². The van der Waals surface area contributed by atoms with Crippen LogP contribution in [-0.2, 0) is 19.1 Å². The summed E-state index contributed by atoms with van der Waals surface area (Å²) >= 11 is 0. The molecule has 0 aliphatic carbocycles. The summed E-state index contributed by atoms with van der Waals surface area (Å²) in [6.45, 7) is 3.67.